The van der Waals surface area contributed by atoms with E-state index >= 15 is 0 Å². The van der Waals surface area contributed by atoms with Gasteiger partial charge in [0.05, 0.1) is 24.4 Å². The Bertz CT molecular complexity index is 1070. The van der Waals surface area contributed by atoms with Crippen molar-refractivity contribution in [2.24, 2.45) is 0 Å². The maximum absolute atomic E-state index is 11.8. The normalized spacial score (nSPS) is 22.7. The maximum Gasteiger partial charge on any atom is 0.407 e. The minimum Gasteiger partial charge on any atom is -0.491 e. The van der Waals surface area contributed by atoms with Crippen molar-refractivity contribution in [3.8, 4) is 17.1 Å². The van der Waals surface area contributed by atoms with Crippen molar-refractivity contribution in [3.05, 3.63) is 24.4 Å². The van der Waals surface area contributed by atoms with Crippen LogP contribution in [0.25, 0.3) is 22.3 Å². The van der Waals surface area contributed by atoms with Crippen LogP contribution in [0.4, 0.5) is 4.79 Å². The summed E-state index contributed by atoms with van der Waals surface area (Å²) in [5.74, 6) is 0.743. The SMILES string of the molecule is C[C@@H]1CCNC(=O)OCCn2ncc(n2)-c2nn(C3CCCCO3)c3ccc(cc23)O1. The van der Waals surface area contributed by atoms with Gasteiger partial charge in [-0.2, -0.15) is 20.1 Å². The number of carbonyl (C=O) groups is 1. The predicted octanol–water partition coefficient (Wildman–Crippen LogP) is 2.89. The molecule has 4 bridgehead atoms. The Labute approximate surface area is 179 Å². The largest absolute Gasteiger partial charge is 0.491 e. The number of alkyl carbamates (subject to hydrolysis) is 1. The maximum atomic E-state index is 11.8. The zero-order valence-corrected chi connectivity index (χ0v) is 17.5. The summed E-state index contributed by atoms with van der Waals surface area (Å²) in [5.41, 5.74) is 2.37. The Morgan fingerprint density at radius 2 is 2.10 bits per heavy atom. The summed E-state index contributed by atoms with van der Waals surface area (Å²) in [5, 5.41) is 17.4. The topological polar surface area (TPSA) is 105 Å². The molecular weight excluding hydrogens is 400 g/mol. The van der Waals surface area contributed by atoms with Gasteiger partial charge in [0.25, 0.3) is 0 Å². The zero-order valence-electron chi connectivity index (χ0n) is 17.5. The van der Waals surface area contributed by atoms with Gasteiger partial charge >= 0.3 is 6.09 Å². The lowest BCUT2D eigenvalue weighted by Crippen LogP contribution is -2.29. The average molecular weight is 426 g/mol. The minimum atomic E-state index is -0.457. The van der Waals surface area contributed by atoms with Gasteiger partial charge in [-0.25, -0.2) is 9.48 Å². The van der Waals surface area contributed by atoms with Crippen LogP contribution in [0, 0.1) is 0 Å². The molecule has 10 nitrogen and oxygen atoms in total. The molecular formula is C21H26N6O4. The van der Waals surface area contributed by atoms with Crippen molar-refractivity contribution < 1.29 is 19.0 Å². The van der Waals surface area contributed by atoms with Crippen molar-refractivity contribution in [2.45, 2.75) is 51.5 Å². The Morgan fingerprint density at radius 1 is 1.16 bits per heavy atom. The molecule has 2 aliphatic heterocycles. The third-order valence-electron chi connectivity index (χ3n) is 5.57. The molecule has 1 fully saturated rings. The number of carbonyl (C=O) groups excluding carboxylic acids is 1. The summed E-state index contributed by atoms with van der Waals surface area (Å²) < 4.78 is 19.2. The molecule has 0 spiro atoms. The number of aromatic nitrogens is 5. The molecule has 1 amide bonds. The van der Waals surface area contributed by atoms with Crippen LogP contribution in [-0.2, 0) is 16.0 Å². The third-order valence-corrected chi connectivity index (χ3v) is 5.57. The van der Waals surface area contributed by atoms with Crippen molar-refractivity contribution >= 4 is 17.0 Å². The van der Waals surface area contributed by atoms with Gasteiger partial charge < -0.3 is 19.5 Å². The van der Waals surface area contributed by atoms with Crippen LogP contribution in [0.5, 0.6) is 5.75 Å². The summed E-state index contributed by atoms with van der Waals surface area (Å²) >= 11 is 0. The second-order valence-electron chi connectivity index (χ2n) is 7.90. The predicted molar refractivity (Wildman–Crippen MR) is 112 cm³/mol. The van der Waals surface area contributed by atoms with E-state index < -0.39 is 6.09 Å². The molecule has 1 saturated heterocycles. The molecule has 31 heavy (non-hydrogen) atoms. The summed E-state index contributed by atoms with van der Waals surface area (Å²) in [6.45, 7) is 3.73. The van der Waals surface area contributed by atoms with Crippen molar-refractivity contribution in [2.75, 3.05) is 19.8 Å². The van der Waals surface area contributed by atoms with E-state index in [0.29, 0.717) is 25.2 Å². The first-order chi connectivity index (χ1) is 15.2. The van der Waals surface area contributed by atoms with Crippen molar-refractivity contribution in [1.29, 1.82) is 0 Å². The van der Waals surface area contributed by atoms with E-state index in [9.17, 15) is 4.79 Å². The fourth-order valence-electron chi connectivity index (χ4n) is 3.97. The average Bonchev–Trinajstić information content (AvgIpc) is 3.38. The summed E-state index contributed by atoms with van der Waals surface area (Å²) in [6, 6.07) is 5.97. The van der Waals surface area contributed by atoms with Gasteiger partial charge in [0, 0.05) is 25.0 Å². The second kappa shape index (κ2) is 8.54. The minimum absolute atomic E-state index is 0.0771. The van der Waals surface area contributed by atoms with Crippen LogP contribution in [0.1, 0.15) is 38.8 Å². The van der Waals surface area contributed by atoms with Crippen LogP contribution in [0.15, 0.2) is 24.4 Å². The van der Waals surface area contributed by atoms with E-state index in [4.69, 9.17) is 19.3 Å². The monoisotopic (exact) mass is 426 g/mol. The first-order valence-electron chi connectivity index (χ1n) is 10.8. The fraction of sp³-hybridized carbons (Fsp3) is 0.524. The smallest absolute Gasteiger partial charge is 0.407 e. The highest BCUT2D eigenvalue weighted by molar-refractivity contribution is 5.93. The van der Waals surface area contributed by atoms with E-state index in [1.54, 1.807) is 6.20 Å². The Balaban J connectivity index is 1.57. The zero-order chi connectivity index (χ0) is 21.2. The lowest BCUT2D eigenvalue weighted by atomic mass is 10.1. The van der Waals surface area contributed by atoms with Crippen LogP contribution >= 0.6 is 0 Å². The van der Waals surface area contributed by atoms with E-state index in [-0.39, 0.29) is 18.9 Å². The van der Waals surface area contributed by atoms with Crippen molar-refractivity contribution in [3.63, 3.8) is 0 Å². The standard InChI is InChI=1S/C21H26N6O4/c1-14-7-8-22-21(28)30-11-9-26-23-13-17(24-26)20-16-12-15(31-14)5-6-18(16)27(25-20)19-4-2-3-10-29-19/h5-6,12-14,19H,2-4,7-11H2,1H3,(H,22,28)/t14-,19?/m1/s1. The molecule has 4 heterocycles. The van der Waals surface area contributed by atoms with Gasteiger partial charge in [-0.3, -0.25) is 0 Å². The third kappa shape index (κ3) is 4.20. The van der Waals surface area contributed by atoms with Crippen LogP contribution in [0.2, 0.25) is 0 Å². The fourth-order valence-corrected chi connectivity index (χ4v) is 3.97. The van der Waals surface area contributed by atoms with Gasteiger partial charge in [-0.1, -0.05) is 0 Å². The van der Waals surface area contributed by atoms with E-state index in [1.807, 2.05) is 29.8 Å². The molecule has 1 N–H and O–H groups in total. The van der Waals surface area contributed by atoms with Gasteiger partial charge in [0.15, 0.2) is 6.23 Å². The number of hydrogen-bond acceptors (Lipinski definition) is 7. The molecule has 1 unspecified atom stereocenters. The second-order valence-corrected chi connectivity index (χ2v) is 7.90. The number of amides is 1. The van der Waals surface area contributed by atoms with Gasteiger partial charge in [0.2, 0.25) is 0 Å². The highest BCUT2D eigenvalue weighted by Gasteiger charge is 2.23. The molecule has 0 radical (unpaired) electrons. The van der Waals surface area contributed by atoms with Crippen molar-refractivity contribution in [1.82, 2.24) is 30.1 Å². The lowest BCUT2D eigenvalue weighted by Gasteiger charge is -2.23. The number of hydrogen-bond donors (Lipinski definition) is 1. The molecule has 2 atom stereocenters. The molecule has 2 aliphatic rings. The highest BCUT2D eigenvalue weighted by Crippen LogP contribution is 2.34. The van der Waals surface area contributed by atoms with Crippen LogP contribution in [0.3, 0.4) is 0 Å². The quantitative estimate of drug-likeness (QED) is 0.638. The molecule has 10 heteroatoms. The first kappa shape index (κ1) is 19.8. The first-order valence-corrected chi connectivity index (χ1v) is 10.8. The number of fused-ring (bicyclic) bond motifs is 4. The highest BCUT2D eigenvalue weighted by atomic mass is 16.5. The molecule has 3 aromatic rings. The molecule has 0 saturated carbocycles. The Morgan fingerprint density at radius 3 is 2.97 bits per heavy atom. The van der Waals surface area contributed by atoms with Gasteiger partial charge in [0.1, 0.15) is 23.7 Å². The number of benzene rings is 1. The summed E-state index contributed by atoms with van der Waals surface area (Å²) in [7, 11) is 0. The number of cyclic esters (lactones) is 1. The Kier molecular flexibility index (Phi) is 5.46. The van der Waals surface area contributed by atoms with Crippen LogP contribution < -0.4 is 10.1 Å². The van der Waals surface area contributed by atoms with E-state index in [0.717, 1.165) is 48.2 Å². The number of nitrogens with one attached hydrogen (secondary N) is 1. The number of ether oxygens (including phenoxy) is 3. The lowest BCUT2D eigenvalue weighted by molar-refractivity contribution is -0.0365. The summed E-state index contributed by atoms with van der Waals surface area (Å²) in [6.07, 6.45) is 4.84. The number of rotatable bonds is 1. The molecule has 0 aliphatic carbocycles. The molecule has 5 rings (SSSR count). The van der Waals surface area contributed by atoms with E-state index in [2.05, 4.69) is 15.5 Å². The molecule has 2 aromatic heterocycles. The van der Waals surface area contributed by atoms with Crippen LogP contribution in [-0.4, -0.2) is 56.7 Å². The number of nitrogens with zero attached hydrogens (tertiary/aromatic N) is 5. The van der Waals surface area contributed by atoms with Gasteiger partial charge in [-0.15, -0.1) is 0 Å². The summed E-state index contributed by atoms with van der Waals surface area (Å²) in [4.78, 5) is 13.3. The molecule has 1 aromatic carbocycles. The Hall–Kier alpha value is -3.14. The molecule has 164 valence electrons. The van der Waals surface area contributed by atoms with Gasteiger partial charge in [-0.05, 0) is 44.4 Å². The van der Waals surface area contributed by atoms with E-state index in [1.165, 1.54) is 4.80 Å².